The first-order valence-corrected chi connectivity index (χ1v) is 7.51. The van der Waals surface area contributed by atoms with Gasteiger partial charge in [0, 0.05) is 13.1 Å². The summed E-state index contributed by atoms with van der Waals surface area (Å²) in [5.41, 5.74) is 5.13. The van der Waals surface area contributed by atoms with Crippen LogP contribution in [0.15, 0.2) is 0 Å². The first-order chi connectivity index (χ1) is 8.83. The van der Waals surface area contributed by atoms with Crippen LogP contribution in [0, 0.1) is 11.8 Å². The maximum absolute atomic E-state index is 12.0. The van der Waals surface area contributed by atoms with Gasteiger partial charge in [0.25, 0.3) is 0 Å². The SMILES string of the molecule is CC1CN(C(=O)OC(C)(C)C)CCC1CCCCN. The number of hydrogen-bond acceptors (Lipinski definition) is 3. The Hall–Kier alpha value is -0.770. The number of hydrogen-bond donors (Lipinski definition) is 1. The normalized spacial score (nSPS) is 24.4. The van der Waals surface area contributed by atoms with Crippen molar-refractivity contribution in [3.05, 3.63) is 0 Å². The molecule has 1 amide bonds. The summed E-state index contributed by atoms with van der Waals surface area (Å²) in [7, 11) is 0. The number of carbonyl (C=O) groups is 1. The third-order valence-electron chi connectivity index (χ3n) is 3.76. The molecule has 0 spiro atoms. The molecule has 2 unspecified atom stereocenters. The van der Waals surface area contributed by atoms with E-state index in [0.29, 0.717) is 5.92 Å². The highest BCUT2D eigenvalue weighted by Crippen LogP contribution is 2.28. The van der Waals surface area contributed by atoms with Crippen molar-refractivity contribution in [3.63, 3.8) is 0 Å². The van der Waals surface area contributed by atoms with Gasteiger partial charge >= 0.3 is 6.09 Å². The molecule has 0 radical (unpaired) electrons. The van der Waals surface area contributed by atoms with Gasteiger partial charge < -0.3 is 15.4 Å². The van der Waals surface area contributed by atoms with E-state index in [2.05, 4.69) is 6.92 Å². The van der Waals surface area contributed by atoms with Crippen molar-refractivity contribution in [2.24, 2.45) is 17.6 Å². The zero-order valence-corrected chi connectivity index (χ0v) is 12.9. The molecule has 4 nitrogen and oxygen atoms in total. The second-order valence-electron chi connectivity index (χ2n) is 6.74. The van der Waals surface area contributed by atoms with Crippen molar-refractivity contribution in [2.45, 2.75) is 59.0 Å². The average molecular weight is 270 g/mol. The lowest BCUT2D eigenvalue weighted by Crippen LogP contribution is -2.45. The number of rotatable bonds is 4. The van der Waals surface area contributed by atoms with E-state index in [1.165, 1.54) is 12.8 Å². The third kappa shape index (κ3) is 5.81. The van der Waals surface area contributed by atoms with Crippen molar-refractivity contribution in [3.8, 4) is 0 Å². The standard InChI is InChI=1S/C15H30N2O2/c1-12-11-17(14(18)19-15(2,3)4)10-8-13(12)7-5-6-9-16/h12-13H,5-11,16H2,1-4H3. The fraction of sp³-hybridized carbons (Fsp3) is 0.933. The van der Waals surface area contributed by atoms with Gasteiger partial charge in [-0.3, -0.25) is 0 Å². The van der Waals surface area contributed by atoms with Gasteiger partial charge in [0.15, 0.2) is 0 Å². The summed E-state index contributed by atoms with van der Waals surface area (Å²) in [6.07, 6.45) is 4.47. The van der Waals surface area contributed by atoms with Gasteiger partial charge in [-0.2, -0.15) is 0 Å². The average Bonchev–Trinajstić information content (AvgIpc) is 2.29. The van der Waals surface area contributed by atoms with Crippen LogP contribution in [0.2, 0.25) is 0 Å². The highest BCUT2D eigenvalue weighted by atomic mass is 16.6. The first-order valence-electron chi connectivity index (χ1n) is 7.51. The molecule has 0 saturated carbocycles. The van der Waals surface area contributed by atoms with Crippen molar-refractivity contribution >= 4 is 6.09 Å². The Kier molecular flexibility index (Phi) is 6.11. The molecule has 0 aromatic heterocycles. The minimum Gasteiger partial charge on any atom is -0.444 e. The van der Waals surface area contributed by atoms with Gasteiger partial charge in [0.05, 0.1) is 0 Å². The molecular formula is C15H30N2O2. The molecule has 1 fully saturated rings. The molecule has 19 heavy (non-hydrogen) atoms. The number of nitrogens with zero attached hydrogens (tertiary/aromatic N) is 1. The molecule has 0 aromatic rings. The highest BCUT2D eigenvalue weighted by Gasteiger charge is 2.30. The predicted molar refractivity (Wildman–Crippen MR) is 78.0 cm³/mol. The van der Waals surface area contributed by atoms with Gasteiger partial charge in [-0.15, -0.1) is 0 Å². The molecule has 0 bridgehead atoms. The molecule has 2 atom stereocenters. The van der Waals surface area contributed by atoms with Crippen LogP contribution in [-0.2, 0) is 4.74 Å². The minimum atomic E-state index is -0.404. The van der Waals surface area contributed by atoms with E-state index in [1.54, 1.807) is 0 Å². The Morgan fingerprint density at radius 3 is 2.58 bits per heavy atom. The Bertz CT molecular complexity index is 286. The summed E-state index contributed by atoms with van der Waals surface area (Å²) < 4.78 is 5.43. The Morgan fingerprint density at radius 1 is 1.37 bits per heavy atom. The molecule has 0 aliphatic carbocycles. The number of piperidine rings is 1. The second kappa shape index (κ2) is 7.13. The van der Waals surface area contributed by atoms with E-state index in [1.807, 2.05) is 25.7 Å². The van der Waals surface area contributed by atoms with Crippen LogP contribution in [0.25, 0.3) is 0 Å². The maximum atomic E-state index is 12.0. The van der Waals surface area contributed by atoms with E-state index in [0.717, 1.165) is 38.4 Å². The van der Waals surface area contributed by atoms with Gasteiger partial charge in [-0.25, -0.2) is 4.79 Å². The van der Waals surface area contributed by atoms with Gasteiger partial charge in [-0.1, -0.05) is 19.8 Å². The van der Waals surface area contributed by atoms with Crippen LogP contribution in [0.1, 0.15) is 53.4 Å². The number of ether oxygens (including phenoxy) is 1. The number of carbonyl (C=O) groups excluding carboxylic acids is 1. The quantitative estimate of drug-likeness (QED) is 0.799. The number of likely N-dealkylation sites (tertiary alicyclic amines) is 1. The molecule has 1 rings (SSSR count). The largest absolute Gasteiger partial charge is 0.444 e. The third-order valence-corrected chi connectivity index (χ3v) is 3.76. The molecule has 1 heterocycles. The second-order valence-corrected chi connectivity index (χ2v) is 6.74. The summed E-state index contributed by atoms with van der Waals surface area (Å²) >= 11 is 0. The molecule has 112 valence electrons. The topological polar surface area (TPSA) is 55.6 Å². The summed E-state index contributed by atoms with van der Waals surface area (Å²) in [5.74, 6) is 1.28. The summed E-state index contributed by atoms with van der Waals surface area (Å²) in [4.78, 5) is 13.9. The molecule has 4 heteroatoms. The molecule has 1 aliphatic heterocycles. The maximum Gasteiger partial charge on any atom is 0.410 e. The van der Waals surface area contributed by atoms with E-state index in [9.17, 15) is 4.79 Å². The van der Waals surface area contributed by atoms with Crippen LogP contribution < -0.4 is 5.73 Å². The number of unbranched alkanes of at least 4 members (excludes halogenated alkanes) is 1. The summed E-state index contributed by atoms with van der Waals surface area (Å²) in [6.45, 7) is 10.4. The van der Waals surface area contributed by atoms with Crippen molar-refractivity contribution in [2.75, 3.05) is 19.6 Å². The Morgan fingerprint density at radius 2 is 2.05 bits per heavy atom. The van der Waals surface area contributed by atoms with Crippen LogP contribution in [0.4, 0.5) is 4.79 Å². The first kappa shape index (κ1) is 16.3. The van der Waals surface area contributed by atoms with E-state index >= 15 is 0 Å². The lowest BCUT2D eigenvalue weighted by Gasteiger charge is -2.37. The fourth-order valence-electron chi connectivity index (χ4n) is 2.67. The van der Waals surface area contributed by atoms with Gasteiger partial charge in [0.2, 0.25) is 0 Å². The van der Waals surface area contributed by atoms with Crippen LogP contribution >= 0.6 is 0 Å². The predicted octanol–water partition coefficient (Wildman–Crippen LogP) is 3.01. The molecule has 2 N–H and O–H groups in total. The minimum absolute atomic E-state index is 0.167. The molecular weight excluding hydrogens is 240 g/mol. The summed E-state index contributed by atoms with van der Waals surface area (Å²) in [6, 6.07) is 0. The van der Waals surface area contributed by atoms with Crippen LogP contribution in [0.5, 0.6) is 0 Å². The molecule has 1 saturated heterocycles. The van der Waals surface area contributed by atoms with Crippen LogP contribution in [-0.4, -0.2) is 36.2 Å². The Balaban J connectivity index is 2.38. The van der Waals surface area contributed by atoms with Gasteiger partial charge in [0.1, 0.15) is 5.60 Å². The van der Waals surface area contributed by atoms with Crippen LogP contribution in [0.3, 0.4) is 0 Å². The zero-order chi connectivity index (χ0) is 14.5. The fourth-order valence-corrected chi connectivity index (χ4v) is 2.67. The van der Waals surface area contributed by atoms with E-state index in [-0.39, 0.29) is 6.09 Å². The lowest BCUT2D eigenvalue weighted by atomic mass is 9.83. The number of amides is 1. The highest BCUT2D eigenvalue weighted by molar-refractivity contribution is 5.68. The van der Waals surface area contributed by atoms with E-state index < -0.39 is 5.60 Å². The monoisotopic (exact) mass is 270 g/mol. The smallest absolute Gasteiger partial charge is 0.410 e. The van der Waals surface area contributed by atoms with Crippen molar-refractivity contribution in [1.29, 1.82) is 0 Å². The van der Waals surface area contributed by atoms with Gasteiger partial charge in [-0.05, 0) is 52.0 Å². The van der Waals surface area contributed by atoms with E-state index in [4.69, 9.17) is 10.5 Å². The zero-order valence-electron chi connectivity index (χ0n) is 12.9. The molecule has 0 aromatic carbocycles. The number of nitrogens with two attached hydrogens (primary N) is 1. The van der Waals surface area contributed by atoms with Crippen molar-refractivity contribution in [1.82, 2.24) is 4.90 Å². The molecule has 1 aliphatic rings. The Labute approximate surface area is 117 Å². The lowest BCUT2D eigenvalue weighted by molar-refractivity contribution is 0.0110. The van der Waals surface area contributed by atoms with Crippen molar-refractivity contribution < 1.29 is 9.53 Å². The summed E-state index contributed by atoms with van der Waals surface area (Å²) in [5, 5.41) is 0.